The Kier molecular flexibility index (Phi) is 9.73. The first kappa shape index (κ1) is 26.4. The van der Waals surface area contributed by atoms with Crippen LogP contribution in [0.2, 0.25) is 0 Å². The largest absolute Gasteiger partial charge is 0.622 e. The summed E-state index contributed by atoms with van der Waals surface area (Å²) < 4.78 is 41.9. The van der Waals surface area contributed by atoms with Gasteiger partial charge in [0.25, 0.3) is 0 Å². The van der Waals surface area contributed by atoms with E-state index in [-0.39, 0.29) is 11.8 Å². The minimum Gasteiger partial charge on any atom is -0.622 e. The number of nitrogens with zero attached hydrogens (tertiary/aromatic N) is 2. The second-order valence-electron chi connectivity index (χ2n) is 8.96. The van der Waals surface area contributed by atoms with Gasteiger partial charge in [-0.15, -0.1) is 6.58 Å². The smallest absolute Gasteiger partial charge is 0.521 e. The van der Waals surface area contributed by atoms with Crippen molar-refractivity contribution in [1.82, 2.24) is 4.90 Å². The maximum absolute atomic E-state index is 13.0. The first-order valence-corrected chi connectivity index (χ1v) is 11.3. The zero-order valence-electron chi connectivity index (χ0n) is 19.1. The SMILES string of the molecule is C=CCN(C)CCCCC[C@H]1CC[C@H]([N+](C)([O-])C(=O)Oc2ccc(C(F)(F)F)cc2)CC1. The molecule has 8 heteroatoms. The third kappa shape index (κ3) is 7.90. The number of ether oxygens (including phenoxy) is 1. The van der Waals surface area contributed by atoms with Crippen molar-refractivity contribution < 1.29 is 27.3 Å². The summed E-state index contributed by atoms with van der Waals surface area (Å²) >= 11 is 0. The van der Waals surface area contributed by atoms with Gasteiger partial charge in [0.15, 0.2) is 0 Å². The van der Waals surface area contributed by atoms with Gasteiger partial charge in [-0.2, -0.15) is 18.0 Å². The lowest BCUT2D eigenvalue weighted by atomic mass is 9.82. The minimum absolute atomic E-state index is 0.0596. The number of hydroxylamine groups is 3. The van der Waals surface area contributed by atoms with Crippen LogP contribution in [0, 0.1) is 11.1 Å². The topological polar surface area (TPSA) is 52.6 Å². The Hall–Kier alpha value is -1.90. The van der Waals surface area contributed by atoms with Crippen LogP contribution in [0.3, 0.4) is 0 Å². The van der Waals surface area contributed by atoms with E-state index in [2.05, 4.69) is 18.5 Å². The fourth-order valence-electron chi connectivity index (χ4n) is 4.28. The van der Waals surface area contributed by atoms with Crippen LogP contribution in [-0.2, 0) is 6.18 Å². The summed E-state index contributed by atoms with van der Waals surface area (Å²) in [6.45, 7) is 5.70. The Morgan fingerprint density at radius 3 is 2.38 bits per heavy atom. The summed E-state index contributed by atoms with van der Waals surface area (Å²) in [7, 11) is 3.36. The van der Waals surface area contributed by atoms with Crippen molar-refractivity contribution in [3.63, 3.8) is 0 Å². The number of carbonyl (C=O) groups excluding carboxylic acids is 1. The molecule has 1 aromatic rings. The summed E-state index contributed by atoms with van der Waals surface area (Å²) in [5.41, 5.74) is -0.834. The highest BCUT2D eigenvalue weighted by Crippen LogP contribution is 2.34. The first-order valence-electron chi connectivity index (χ1n) is 11.3. The van der Waals surface area contributed by atoms with Crippen molar-refractivity contribution in [2.24, 2.45) is 5.92 Å². The predicted molar refractivity (Wildman–Crippen MR) is 119 cm³/mol. The summed E-state index contributed by atoms with van der Waals surface area (Å²) in [6, 6.07) is 3.40. The molecule has 1 atom stereocenters. The van der Waals surface area contributed by atoms with Crippen LogP contribution < -0.4 is 4.74 Å². The fourth-order valence-corrected chi connectivity index (χ4v) is 4.28. The van der Waals surface area contributed by atoms with Crippen molar-refractivity contribution >= 4 is 6.09 Å². The van der Waals surface area contributed by atoms with E-state index in [1.54, 1.807) is 0 Å². The zero-order valence-corrected chi connectivity index (χ0v) is 19.1. The van der Waals surface area contributed by atoms with Crippen molar-refractivity contribution in [2.75, 3.05) is 27.2 Å². The van der Waals surface area contributed by atoms with Gasteiger partial charge in [0.1, 0.15) is 5.75 Å². The molecule has 0 radical (unpaired) electrons. The Bertz CT molecular complexity index is 727. The molecular weight excluding hydrogens is 421 g/mol. The molecule has 5 nitrogen and oxygen atoms in total. The summed E-state index contributed by atoms with van der Waals surface area (Å²) in [4.78, 5) is 14.7. The monoisotopic (exact) mass is 456 g/mol. The highest BCUT2D eigenvalue weighted by atomic mass is 19.4. The maximum Gasteiger partial charge on any atom is 0.521 e. The Labute approximate surface area is 189 Å². The number of benzene rings is 1. The molecule has 0 spiro atoms. The molecule has 0 aromatic heterocycles. The van der Waals surface area contributed by atoms with Crippen LogP contribution in [0.25, 0.3) is 0 Å². The standard InChI is InChI=1S/C24H35F3N2O3/c1-4-17-28(2)18-7-5-6-8-19-9-13-21(14-10-19)29(3,31)23(30)32-22-15-11-20(12-16-22)24(25,26)27/h4,11-12,15-16,19,21H,1,5-10,13-14,17-18H2,2-3H3/t19-,21-,29?. The molecule has 0 bridgehead atoms. The van der Waals surface area contributed by atoms with Crippen molar-refractivity contribution in [2.45, 2.75) is 63.6 Å². The van der Waals surface area contributed by atoms with Gasteiger partial charge in [-0.3, -0.25) is 4.65 Å². The number of quaternary nitrogens is 1. The number of likely N-dealkylation sites (N-methyl/N-ethyl adjacent to an activating group) is 1. The number of hydrogen-bond acceptors (Lipinski definition) is 4. The van der Waals surface area contributed by atoms with Crippen LogP contribution in [0.1, 0.15) is 56.9 Å². The molecule has 0 aliphatic heterocycles. The second kappa shape index (κ2) is 11.8. The Morgan fingerprint density at radius 2 is 1.81 bits per heavy atom. The van der Waals surface area contributed by atoms with Crippen LogP contribution in [-0.4, -0.2) is 48.9 Å². The van der Waals surface area contributed by atoms with Crippen molar-refractivity contribution in [3.05, 3.63) is 47.7 Å². The summed E-state index contributed by atoms with van der Waals surface area (Å²) in [5.74, 6) is 0.513. The van der Waals surface area contributed by atoms with Gasteiger partial charge in [0, 0.05) is 19.4 Å². The molecule has 1 aromatic carbocycles. The van der Waals surface area contributed by atoms with Crippen molar-refractivity contribution in [3.8, 4) is 5.75 Å². The highest BCUT2D eigenvalue weighted by Gasteiger charge is 2.37. The Balaban J connectivity index is 1.74. The van der Waals surface area contributed by atoms with Gasteiger partial charge in [-0.25, -0.2) is 0 Å². The number of amides is 1. The molecule has 1 saturated carbocycles. The average molecular weight is 457 g/mol. The lowest BCUT2D eigenvalue weighted by Gasteiger charge is -2.43. The van der Waals surface area contributed by atoms with E-state index in [4.69, 9.17) is 4.74 Å². The van der Waals surface area contributed by atoms with Gasteiger partial charge in [-0.1, -0.05) is 25.3 Å². The number of rotatable bonds is 10. The van der Waals surface area contributed by atoms with Crippen LogP contribution in [0.4, 0.5) is 18.0 Å². The zero-order chi connectivity index (χ0) is 23.8. The van der Waals surface area contributed by atoms with E-state index in [1.807, 2.05) is 6.08 Å². The summed E-state index contributed by atoms with van der Waals surface area (Å²) in [5, 5.41) is 13.0. The minimum atomic E-state index is -4.47. The van der Waals surface area contributed by atoms with E-state index in [0.29, 0.717) is 18.8 Å². The highest BCUT2D eigenvalue weighted by molar-refractivity contribution is 5.64. The lowest BCUT2D eigenvalue weighted by Crippen LogP contribution is -2.54. The third-order valence-electron chi connectivity index (χ3n) is 6.36. The molecule has 180 valence electrons. The molecule has 1 fully saturated rings. The summed E-state index contributed by atoms with van der Waals surface area (Å²) in [6.07, 6.45) is 4.19. The van der Waals surface area contributed by atoms with Gasteiger partial charge >= 0.3 is 12.3 Å². The molecule has 32 heavy (non-hydrogen) atoms. The molecule has 1 amide bonds. The van der Waals surface area contributed by atoms with E-state index in [1.165, 1.54) is 13.5 Å². The second-order valence-corrected chi connectivity index (χ2v) is 8.96. The number of carbonyl (C=O) groups is 1. The molecule has 1 aliphatic rings. The molecule has 0 heterocycles. The Morgan fingerprint density at radius 1 is 1.19 bits per heavy atom. The van der Waals surface area contributed by atoms with E-state index in [9.17, 15) is 23.2 Å². The molecular formula is C24H35F3N2O3. The molecule has 0 saturated heterocycles. The maximum atomic E-state index is 13.0. The molecule has 1 aliphatic carbocycles. The number of hydrogen-bond donors (Lipinski definition) is 0. The molecule has 2 rings (SSSR count). The van der Waals surface area contributed by atoms with Crippen LogP contribution in [0.15, 0.2) is 36.9 Å². The number of halogens is 3. The van der Waals surface area contributed by atoms with E-state index >= 15 is 0 Å². The van der Waals surface area contributed by atoms with Crippen LogP contribution >= 0.6 is 0 Å². The number of unbranched alkanes of at least 4 members (excludes halogenated alkanes) is 2. The third-order valence-corrected chi connectivity index (χ3v) is 6.36. The fraction of sp³-hybridized carbons (Fsp3) is 0.625. The van der Waals surface area contributed by atoms with Gasteiger partial charge < -0.3 is 14.8 Å². The van der Waals surface area contributed by atoms with E-state index in [0.717, 1.165) is 69.5 Å². The molecule has 0 N–H and O–H groups in total. The van der Waals surface area contributed by atoms with Crippen LogP contribution in [0.5, 0.6) is 5.75 Å². The van der Waals surface area contributed by atoms with Gasteiger partial charge in [0.2, 0.25) is 0 Å². The van der Waals surface area contributed by atoms with Gasteiger partial charge in [-0.05, 0) is 63.0 Å². The first-order chi connectivity index (χ1) is 15.0. The normalized spacial score (nSPS) is 21.2. The quantitative estimate of drug-likeness (QED) is 0.177. The van der Waals surface area contributed by atoms with Crippen molar-refractivity contribution in [1.29, 1.82) is 0 Å². The predicted octanol–water partition coefficient (Wildman–Crippen LogP) is 6.39. The average Bonchev–Trinajstić information content (AvgIpc) is 2.73. The number of alkyl halides is 3. The lowest BCUT2D eigenvalue weighted by molar-refractivity contribution is -0.814. The van der Waals surface area contributed by atoms with E-state index < -0.39 is 22.5 Å². The molecule has 1 unspecified atom stereocenters. The van der Waals surface area contributed by atoms with Gasteiger partial charge in [0.05, 0.1) is 18.7 Å².